The van der Waals surface area contributed by atoms with Gasteiger partial charge in [-0.15, -0.1) is 0 Å². The van der Waals surface area contributed by atoms with Crippen molar-refractivity contribution in [2.75, 3.05) is 25.1 Å². The summed E-state index contributed by atoms with van der Waals surface area (Å²) in [5.41, 5.74) is -0.933. The fourth-order valence-corrected chi connectivity index (χ4v) is 2.70. The van der Waals surface area contributed by atoms with Crippen LogP contribution >= 0.6 is 0 Å². The summed E-state index contributed by atoms with van der Waals surface area (Å²) in [6, 6.07) is 5.60. The minimum atomic E-state index is -4.52. The molecule has 0 aliphatic rings. The Morgan fingerprint density at radius 1 is 1.16 bits per heavy atom. The highest BCUT2D eigenvalue weighted by Gasteiger charge is 2.30. The second-order valence-corrected chi connectivity index (χ2v) is 6.47. The zero-order valence-electron chi connectivity index (χ0n) is 16.7. The predicted molar refractivity (Wildman–Crippen MR) is 107 cm³/mol. The van der Waals surface area contributed by atoms with Crippen LogP contribution < -0.4 is 10.6 Å². The molecule has 0 unspecified atom stereocenters. The first kappa shape index (κ1) is 23.1. The molecule has 0 aliphatic heterocycles. The van der Waals surface area contributed by atoms with Gasteiger partial charge in [-0.1, -0.05) is 0 Å². The summed E-state index contributed by atoms with van der Waals surface area (Å²) in [6.07, 6.45) is -4.52. The Hall–Kier alpha value is -3.54. The molecule has 0 saturated heterocycles. The van der Waals surface area contributed by atoms with Gasteiger partial charge in [0.2, 0.25) is 5.96 Å². The number of guanidine groups is 1. The molecule has 0 saturated carbocycles. The number of anilines is 1. The number of rotatable bonds is 6. The number of ether oxygens (including phenoxy) is 1. The van der Waals surface area contributed by atoms with Gasteiger partial charge in [-0.2, -0.15) is 23.3 Å². The molecule has 3 N–H and O–H groups in total. The molecular formula is C20H18F5N5O2. The van der Waals surface area contributed by atoms with E-state index in [2.05, 4.69) is 25.8 Å². The maximum atomic E-state index is 13.4. The number of aromatic nitrogens is 2. The monoisotopic (exact) mass is 455 g/mol. The van der Waals surface area contributed by atoms with Crippen molar-refractivity contribution < 1.29 is 31.5 Å². The Bertz CT molecular complexity index is 1140. The van der Waals surface area contributed by atoms with E-state index in [0.717, 1.165) is 24.3 Å². The Balaban J connectivity index is 1.87. The van der Waals surface area contributed by atoms with Gasteiger partial charge in [0.1, 0.15) is 0 Å². The van der Waals surface area contributed by atoms with Gasteiger partial charge in [0, 0.05) is 24.1 Å². The number of H-pyrrole nitrogens is 1. The summed E-state index contributed by atoms with van der Waals surface area (Å²) in [6.45, 7) is 2.75. The summed E-state index contributed by atoms with van der Waals surface area (Å²) < 4.78 is 70.5. The Labute approximate surface area is 178 Å². The van der Waals surface area contributed by atoms with E-state index >= 15 is 0 Å². The number of amides is 1. The van der Waals surface area contributed by atoms with E-state index in [1.807, 2.05) is 0 Å². The molecule has 32 heavy (non-hydrogen) atoms. The fraction of sp³-hybridized carbons (Fsp3) is 0.250. The van der Waals surface area contributed by atoms with Crippen LogP contribution in [0.1, 0.15) is 22.8 Å². The van der Waals surface area contributed by atoms with Crippen molar-refractivity contribution in [3.63, 3.8) is 0 Å². The van der Waals surface area contributed by atoms with Gasteiger partial charge in [-0.3, -0.25) is 9.89 Å². The van der Waals surface area contributed by atoms with Gasteiger partial charge in [0.05, 0.1) is 17.7 Å². The van der Waals surface area contributed by atoms with Crippen LogP contribution in [0.3, 0.4) is 0 Å². The number of fused-ring (bicyclic) bond motifs is 1. The summed E-state index contributed by atoms with van der Waals surface area (Å²) in [7, 11) is 0. The van der Waals surface area contributed by atoms with E-state index in [-0.39, 0.29) is 36.0 Å². The van der Waals surface area contributed by atoms with Crippen molar-refractivity contribution in [3.05, 3.63) is 59.2 Å². The Kier molecular flexibility index (Phi) is 7.03. The van der Waals surface area contributed by atoms with Crippen LogP contribution in [0, 0.1) is 11.6 Å². The molecule has 7 nitrogen and oxygen atoms in total. The first-order chi connectivity index (χ1) is 15.2. The molecular weight excluding hydrogens is 437 g/mol. The van der Waals surface area contributed by atoms with E-state index in [9.17, 15) is 26.7 Å². The van der Waals surface area contributed by atoms with E-state index < -0.39 is 29.3 Å². The second-order valence-electron chi connectivity index (χ2n) is 6.47. The lowest BCUT2D eigenvalue weighted by atomic mass is 10.1. The largest absolute Gasteiger partial charge is 0.416 e. The molecule has 3 rings (SSSR count). The third kappa shape index (κ3) is 5.58. The Morgan fingerprint density at radius 2 is 1.94 bits per heavy atom. The topological polar surface area (TPSA) is 91.4 Å². The second kappa shape index (κ2) is 9.73. The fourth-order valence-electron chi connectivity index (χ4n) is 2.70. The van der Waals surface area contributed by atoms with Crippen molar-refractivity contribution in [3.8, 4) is 0 Å². The third-order valence-corrected chi connectivity index (χ3v) is 4.25. The summed E-state index contributed by atoms with van der Waals surface area (Å²) in [4.78, 5) is 16.2. The average Bonchev–Trinajstić information content (AvgIpc) is 3.14. The van der Waals surface area contributed by atoms with Gasteiger partial charge in [0.15, 0.2) is 17.5 Å². The number of hydrogen-bond acceptors (Lipinski definition) is 3. The summed E-state index contributed by atoms with van der Waals surface area (Å²) >= 11 is 0. The van der Waals surface area contributed by atoms with Gasteiger partial charge in [-0.05, 0) is 43.3 Å². The first-order valence-corrected chi connectivity index (χ1v) is 9.41. The van der Waals surface area contributed by atoms with E-state index in [4.69, 9.17) is 4.74 Å². The van der Waals surface area contributed by atoms with Gasteiger partial charge >= 0.3 is 6.18 Å². The third-order valence-electron chi connectivity index (χ3n) is 4.25. The zero-order valence-corrected chi connectivity index (χ0v) is 16.7. The summed E-state index contributed by atoms with van der Waals surface area (Å²) in [5, 5.41) is 12.3. The molecule has 1 amide bonds. The molecule has 2 aromatic carbocycles. The maximum absolute atomic E-state index is 13.4. The Morgan fingerprint density at radius 3 is 2.62 bits per heavy atom. The molecule has 0 radical (unpaired) electrons. The molecule has 0 aliphatic carbocycles. The van der Waals surface area contributed by atoms with Crippen LogP contribution in [-0.2, 0) is 10.9 Å². The highest BCUT2D eigenvalue weighted by Crippen LogP contribution is 2.32. The van der Waals surface area contributed by atoms with E-state index in [1.165, 1.54) is 6.07 Å². The lowest BCUT2D eigenvalue weighted by Crippen LogP contribution is -2.34. The number of nitrogens with one attached hydrogen (secondary N) is 3. The van der Waals surface area contributed by atoms with E-state index in [1.54, 1.807) is 6.92 Å². The van der Waals surface area contributed by atoms with Crippen LogP contribution in [0.15, 0.2) is 41.4 Å². The standard InChI is InChI=1S/C20H18F5N5O2/c1-2-32-8-7-26-19(28-18(31)11-3-6-14(21)15(22)9-11)27-17-13-5-4-12(20(23,24)25)10-16(13)29-30-17/h3-6,9-10H,2,7-8H2,1H3,(H3,26,27,28,29,30,31). The van der Waals surface area contributed by atoms with Crippen LogP contribution in [0.5, 0.6) is 0 Å². The predicted octanol–water partition coefficient (Wildman–Crippen LogP) is 4.09. The number of nitrogens with zero attached hydrogens (tertiary/aromatic N) is 2. The lowest BCUT2D eigenvalue weighted by molar-refractivity contribution is -0.137. The summed E-state index contributed by atoms with van der Waals surface area (Å²) in [5.74, 6) is -3.19. The molecule has 0 spiro atoms. The average molecular weight is 455 g/mol. The number of benzene rings is 2. The van der Waals surface area contributed by atoms with Gasteiger partial charge in [-0.25, -0.2) is 8.78 Å². The van der Waals surface area contributed by atoms with Crippen molar-refractivity contribution in [2.24, 2.45) is 4.99 Å². The quantitative estimate of drug-likeness (QED) is 0.225. The molecule has 0 bridgehead atoms. The number of alkyl halides is 3. The van der Waals surface area contributed by atoms with Crippen molar-refractivity contribution in [1.82, 2.24) is 15.5 Å². The number of carbonyl (C=O) groups is 1. The maximum Gasteiger partial charge on any atom is 0.416 e. The molecule has 0 atom stereocenters. The van der Waals surface area contributed by atoms with Crippen LogP contribution in [0.4, 0.5) is 27.8 Å². The van der Waals surface area contributed by atoms with Gasteiger partial charge in [0.25, 0.3) is 5.91 Å². The molecule has 1 aromatic heterocycles. The SMILES string of the molecule is CCOCCN/C(=N/C(=O)c1ccc(F)c(F)c1)Nc1n[nH]c2cc(C(F)(F)F)ccc12. The van der Waals surface area contributed by atoms with Crippen molar-refractivity contribution >= 4 is 28.6 Å². The number of hydrogen-bond donors (Lipinski definition) is 3. The number of halogens is 5. The zero-order chi connectivity index (χ0) is 23.3. The van der Waals surface area contributed by atoms with Crippen LogP contribution in [0.2, 0.25) is 0 Å². The van der Waals surface area contributed by atoms with E-state index in [0.29, 0.717) is 18.1 Å². The van der Waals surface area contributed by atoms with Crippen LogP contribution in [-0.4, -0.2) is 41.8 Å². The number of carbonyl (C=O) groups excluding carboxylic acids is 1. The highest BCUT2D eigenvalue weighted by atomic mass is 19.4. The normalized spacial score (nSPS) is 12.2. The number of aromatic amines is 1. The van der Waals surface area contributed by atoms with Gasteiger partial charge < -0.3 is 15.4 Å². The highest BCUT2D eigenvalue weighted by molar-refractivity contribution is 6.08. The molecule has 0 fully saturated rings. The number of aliphatic imine (C=N–C) groups is 1. The van der Waals surface area contributed by atoms with Crippen LogP contribution in [0.25, 0.3) is 10.9 Å². The first-order valence-electron chi connectivity index (χ1n) is 9.41. The van der Waals surface area contributed by atoms with Crippen molar-refractivity contribution in [1.29, 1.82) is 0 Å². The van der Waals surface area contributed by atoms with Crippen molar-refractivity contribution in [2.45, 2.75) is 13.1 Å². The molecule has 1 heterocycles. The minimum absolute atomic E-state index is 0.104. The smallest absolute Gasteiger partial charge is 0.380 e. The molecule has 12 heteroatoms. The molecule has 3 aromatic rings. The lowest BCUT2D eigenvalue weighted by Gasteiger charge is -2.11. The minimum Gasteiger partial charge on any atom is -0.380 e. The molecule has 170 valence electrons.